The van der Waals surface area contributed by atoms with Crippen LogP contribution in [0.25, 0.3) is 11.4 Å². The minimum Gasteiger partial charge on any atom is -0.298 e. The maximum atomic E-state index is 13.0. The van der Waals surface area contributed by atoms with Crippen molar-refractivity contribution in [3.8, 4) is 11.4 Å². The molecular weight excluding hydrogens is 351 g/mol. The molecule has 1 unspecified atom stereocenters. The van der Waals surface area contributed by atoms with Gasteiger partial charge in [0, 0.05) is 30.1 Å². The molecular formula is C19H17FN4OS. The first-order valence-corrected chi connectivity index (χ1v) is 8.89. The first kappa shape index (κ1) is 18.0. The third kappa shape index (κ3) is 3.88. The van der Waals surface area contributed by atoms with Crippen LogP contribution in [0.5, 0.6) is 0 Å². The Hall–Kier alpha value is -2.80. The van der Waals surface area contributed by atoms with Crippen molar-refractivity contribution in [1.29, 1.82) is 0 Å². The summed E-state index contributed by atoms with van der Waals surface area (Å²) in [6.07, 6.45) is 5.14. The number of allylic oxidation sites excluding steroid dienone is 1. The molecule has 0 saturated heterocycles. The third-order valence-corrected chi connectivity index (χ3v) is 4.83. The fourth-order valence-electron chi connectivity index (χ4n) is 2.44. The van der Waals surface area contributed by atoms with Gasteiger partial charge in [0.2, 0.25) is 0 Å². The lowest BCUT2D eigenvalue weighted by atomic mass is 10.1. The minimum absolute atomic E-state index is 0.0892. The van der Waals surface area contributed by atoms with Crippen LogP contribution in [0.2, 0.25) is 0 Å². The fraction of sp³-hybridized carbons (Fsp3) is 0.158. The Bertz CT molecular complexity index is 909. The first-order chi connectivity index (χ1) is 12.6. The number of aromatic nitrogens is 4. The molecule has 1 atom stereocenters. The van der Waals surface area contributed by atoms with E-state index in [1.165, 1.54) is 36.0 Å². The monoisotopic (exact) mass is 368 g/mol. The van der Waals surface area contributed by atoms with Crippen molar-refractivity contribution in [2.45, 2.75) is 23.9 Å². The predicted octanol–water partition coefficient (Wildman–Crippen LogP) is 4.03. The maximum absolute atomic E-state index is 13.0. The standard InChI is InChI=1S/C19H17FN4OS/c1-3-12-24-18(15-8-10-21-11-9-15)22-23-19(24)26-13(2)17(25)14-4-6-16(20)7-5-14/h3-11,13H,1,12H2,2H3. The number of hydrogen-bond donors (Lipinski definition) is 0. The highest BCUT2D eigenvalue weighted by Crippen LogP contribution is 2.28. The molecule has 0 aliphatic carbocycles. The van der Waals surface area contributed by atoms with Crippen LogP contribution in [0, 0.1) is 5.82 Å². The van der Waals surface area contributed by atoms with E-state index in [1.54, 1.807) is 25.4 Å². The summed E-state index contributed by atoms with van der Waals surface area (Å²) in [5, 5.41) is 8.73. The van der Waals surface area contributed by atoms with E-state index in [2.05, 4.69) is 21.8 Å². The van der Waals surface area contributed by atoms with Crippen LogP contribution in [-0.4, -0.2) is 30.8 Å². The molecule has 0 bridgehead atoms. The summed E-state index contributed by atoms with van der Waals surface area (Å²) >= 11 is 1.32. The van der Waals surface area contributed by atoms with Gasteiger partial charge in [-0.2, -0.15) is 0 Å². The van der Waals surface area contributed by atoms with Gasteiger partial charge in [-0.3, -0.25) is 14.3 Å². The average Bonchev–Trinajstić information content (AvgIpc) is 3.05. The van der Waals surface area contributed by atoms with E-state index in [4.69, 9.17) is 0 Å². The molecule has 3 aromatic rings. The van der Waals surface area contributed by atoms with Gasteiger partial charge in [0.1, 0.15) is 5.82 Å². The number of benzene rings is 1. The zero-order valence-electron chi connectivity index (χ0n) is 14.2. The molecule has 7 heteroatoms. The van der Waals surface area contributed by atoms with E-state index in [9.17, 15) is 9.18 Å². The van der Waals surface area contributed by atoms with Gasteiger partial charge >= 0.3 is 0 Å². The van der Waals surface area contributed by atoms with Gasteiger partial charge in [0.05, 0.1) is 5.25 Å². The van der Waals surface area contributed by atoms with Crippen LogP contribution >= 0.6 is 11.8 Å². The van der Waals surface area contributed by atoms with E-state index in [0.717, 1.165) is 5.56 Å². The molecule has 0 N–H and O–H groups in total. The van der Waals surface area contributed by atoms with E-state index >= 15 is 0 Å². The minimum atomic E-state index is -0.390. The third-order valence-electron chi connectivity index (χ3n) is 3.75. The SMILES string of the molecule is C=CCn1c(SC(C)C(=O)c2ccc(F)cc2)nnc1-c1ccncc1. The summed E-state index contributed by atoms with van der Waals surface area (Å²) in [4.78, 5) is 16.6. The molecule has 5 nitrogen and oxygen atoms in total. The van der Waals surface area contributed by atoms with Gasteiger partial charge in [0.25, 0.3) is 0 Å². The summed E-state index contributed by atoms with van der Waals surface area (Å²) in [7, 11) is 0. The van der Waals surface area contributed by atoms with Crippen LogP contribution in [0.1, 0.15) is 17.3 Å². The summed E-state index contributed by atoms with van der Waals surface area (Å²) in [5.41, 5.74) is 1.36. The second kappa shape index (κ2) is 8.05. The molecule has 0 spiro atoms. The highest BCUT2D eigenvalue weighted by atomic mass is 32.2. The number of thioether (sulfide) groups is 1. The molecule has 0 aliphatic heterocycles. The second-order valence-electron chi connectivity index (χ2n) is 5.57. The van der Waals surface area contributed by atoms with Crippen LogP contribution in [-0.2, 0) is 6.54 Å². The first-order valence-electron chi connectivity index (χ1n) is 8.01. The molecule has 0 saturated carbocycles. The van der Waals surface area contributed by atoms with Crippen molar-refractivity contribution < 1.29 is 9.18 Å². The van der Waals surface area contributed by atoms with E-state index in [1.807, 2.05) is 16.7 Å². The molecule has 3 rings (SSSR count). The highest BCUT2D eigenvalue weighted by molar-refractivity contribution is 8.00. The molecule has 0 aliphatic rings. The predicted molar refractivity (Wildman–Crippen MR) is 99.5 cm³/mol. The number of hydrogen-bond acceptors (Lipinski definition) is 5. The lowest BCUT2D eigenvalue weighted by Crippen LogP contribution is -2.15. The van der Waals surface area contributed by atoms with Gasteiger partial charge in [0.15, 0.2) is 16.8 Å². The zero-order chi connectivity index (χ0) is 18.5. The molecule has 1 aromatic carbocycles. The Balaban J connectivity index is 1.85. The Morgan fingerprint density at radius 2 is 1.92 bits per heavy atom. The molecule has 0 fully saturated rings. The highest BCUT2D eigenvalue weighted by Gasteiger charge is 2.21. The number of pyridine rings is 1. The molecule has 0 radical (unpaired) electrons. The number of ketones is 1. The van der Waals surface area contributed by atoms with Crippen molar-refractivity contribution >= 4 is 17.5 Å². The smallest absolute Gasteiger partial charge is 0.192 e. The molecule has 2 heterocycles. The zero-order valence-corrected chi connectivity index (χ0v) is 15.0. The van der Waals surface area contributed by atoms with E-state index < -0.39 is 5.25 Å². The normalized spacial score (nSPS) is 11.9. The molecule has 26 heavy (non-hydrogen) atoms. The Morgan fingerprint density at radius 1 is 1.23 bits per heavy atom. The number of rotatable bonds is 7. The van der Waals surface area contributed by atoms with Crippen LogP contribution < -0.4 is 0 Å². The number of halogens is 1. The lowest BCUT2D eigenvalue weighted by molar-refractivity contribution is 0.0994. The van der Waals surface area contributed by atoms with Crippen molar-refractivity contribution in [1.82, 2.24) is 19.7 Å². The van der Waals surface area contributed by atoms with Crippen molar-refractivity contribution in [2.75, 3.05) is 0 Å². The Morgan fingerprint density at radius 3 is 2.58 bits per heavy atom. The Labute approximate surface area is 155 Å². The van der Waals surface area contributed by atoms with Crippen molar-refractivity contribution in [2.24, 2.45) is 0 Å². The largest absolute Gasteiger partial charge is 0.298 e. The Kier molecular flexibility index (Phi) is 5.58. The molecule has 132 valence electrons. The van der Waals surface area contributed by atoms with Gasteiger partial charge in [-0.05, 0) is 43.3 Å². The molecule has 0 amide bonds. The fourth-order valence-corrected chi connectivity index (χ4v) is 3.38. The van der Waals surface area contributed by atoms with Crippen molar-refractivity contribution in [3.05, 3.63) is 72.8 Å². The summed E-state index contributed by atoms with van der Waals surface area (Å²) in [5.74, 6) is 0.236. The van der Waals surface area contributed by atoms with Crippen molar-refractivity contribution in [3.63, 3.8) is 0 Å². The number of carbonyl (C=O) groups excluding carboxylic acids is 1. The van der Waals surface area contributed by atoms with Crippen LogP contribution in [0.15, 0.2) is 66.6 Å². The number of Topliss-reactive ketones (excluding diaryl/α,β-unsaturated/α-hetero) is 1. The summed E-state index contributed by atoms with van der Waals surface area (Å²) in [6, 6.07) is 9.26. The average molecular weight is 368 g/mol. The molecule has 2 aromatic heterocycles. The lowest BCUT2D eigenvalue weighted by Gasteiger charge is -2.12. The maximum Gasteiger partial charge on any atom is 0.192 e. The van der Waals surface area contributed by atoms with Gasteiger partial charge in [-0.15, -0.1) is 16.8 Å². The van der Waals surface area contributed by atoms with E-state index in [0.29, 0.717) is 23.1 Å². The summed E-state index contributed by atoms with van der Waals surface area (Å²) in [6.45, 7) is 6.10. The van der Waals surface area contributed by atoms with Gasteiger partial charge in [-0.25, -0.2) is 4.39 Å². The van der Waals surface area contributed by atoms with E-state index in [-0.39, 0.29) is 11.6 Å². The second-order valence-corrected chi connectivity index (χ2v) is 6.88. The van der Waals surface area contributed by atoms with Crippen LogP contribution in [0.4, 0.5) is 4.39 Å². The number of carbonyl (C=O) groups is 1. The van der Waals surface area contributed by atoms with Gasteiger partial charge < -0.3 is 0 Å². The van der Waals surface area contributed by atoms with Gasteiger partial charge in [-0.1, -0.05) is 17.8 Å². The quantitative estimate of drug-likeness (QED) is 0.358. The summed E-state index contributed by atoms with van der Waals surface area (Å²) < 4.78 is 15.0. The topological polar surface area (TPSA) is 60.7 Å². The van der Waals surface area contributed by atoms with Crippen LogP contribution in [0.3, 0.4) is 0 Å². The number of nitrogens with zero attached hydrogens (tertiary/aromatic N) is 4.